The van der Waals surface area contributed by atoms with Crippen LogP contribution in [0, 0.1) is 0 Å². The van der Waals surface area contributed by atoms with Gasteiger partial charge in [0.25, 0.3) is 0 Å². The Hall–Kier alpha value is -1.43. The van der Waals surface area contributed by atoms with Gasteiger partial charge in [-0.15, -0.1) is 0 Å². The van der Waals surface area contributed by atoms with Crippen molar-refractivity contribution in [1.29, 1.82) is 0 Å². The highest BCUT2D eigenvalue weighted by molar-refractivity contribution is 5.92. The number of primary amides is 1. The summed E-state index contributed by atoms with van der Waals surface area (Å²) in [6.07, 6.45) is 0.128. The van der Waals surface area contributed by atoms with Crippen molar-refractivity contribution < 1.29 is 14.3 Å². The zero-order valence-corrected chi connectivity index (χ0v) is 10.2. The standard InChI is InChI=1S/C13H18N2O3/c14-13(16)11-3-1-10(2-4-11)7-15-8-12-9-17-5-6-18-12/h1-4,12,15H,5-9H2,(H2,14,16). The van der Waals surface area contributed by atoms with Crippen LogP contribution in [0.5, 0.6) is 0 Å². The molecule has 1 atom stereocenters. The van der Waals surface area contributed by atoms with E-state index in [0.717, 1.165) is 18.7 Å². The normalized spacial score (nSPS) is 19.7. The van der Waals surface area contributed by atoms with Gasteiger partial charge in [0.15, 0.2) is 0 Å². The first kappa shape index (κ1) is 13.0. The fraction of sp³-hybridized carbons (Fsp3) is 0.462. The summed E-state index contributed by atoms with van der Waals surface area (Å²) < 4.78 is 10.8. The van der Waals surface area contributed by atoms with Gasteiger partial charge >= 0.3 is 0 Å². The highest BCUT2D eigenvalue weighted by Gasteiger charge is 2.13. The molecule has 1 aliphatic heterocycles. The molecule has 0 aromatic heterocycles. The van der Waals surface area contributed by atoms with Crippen molar-refractivity contribution >= 4 is 5.91 Å². The summed E-state index contributed by atoms with van der Waals surface area (Å²) in [7, 11) is 0. The van der Waals surface area contributed by atoms with E-state index in [1.165, 1.54) is 0 Å². The molecule has 5 heteroatoms. The number of carbonyl (C=O) groups excluding carboxylic acids is 1. The van der Waals surface area contributed by atoms with Crippen molar-refractivity contribution in [3.63, 3.8) is 0 Å². The van der Waals surface area contributed by atoms with E-state index in [4.69, 9.17) is 15.2 Å². The molecule has 0 spiro atoms. The summed E-state index contributed by atoms with van der Waals surface area (Å²) in [4.78, 5) is 10.9. The SMILES string of the molecule is NC(=O)c1ccc(CNCC2COCCO2)cc1. The fourth-order valence-corrected chi connectivity index (χ4v) is 1.82. The fourth-order valence-electron chi connectivity index (χ4n) is 1.82. The number of benzene rings is 1. The number of amides is 1. The van der Waals surface area contributed by atoms with Crippen LogP contribution in [0.1, 0.15) is 15.9 Å². The van der Waals surface area contributed by atoms with Gasteiger partial charge in [0.1, 0.15) is 0 Å². The molecular weight excluding hydrogens is 232 g/mol. The van der Waals surface area contributed by atoms with Crippen molar-refractivity contribution in [2.24, 2.45) is 5.73 Å². The van der Waals surface area contributed by atoms with Crippen LogP contribution in [0.25, 0.3) is 0 Å². The van der Waals surface area contributed by atoms with Gasteiger partial charge in [-0.2, -0.15) is 0 Å². The Balaban J connectivity index is 1.74. The van der Waals surface area contributed by atoms with E-state index in [9.17, 15) is 4.79 Å². The molecule has 1 amide bonds. The molecule has 0 saturated carbocycles. The second-order valence-electron chi connectivity index (χ2n) is 4.26. The molecule has 98 valence electrons. The summed E-state index contributed by atoms with van der Waals surface area (Å²) in [5, 5.41) is 3.30. The van der Waals surface area contributed by atoms with E-state index in [1.54, 1.807) is 12.1 Å². The van der Waals surface area contributed by atoms with Crippen molar-refractivity contribution in [2.75, 3.05) is 26.4 Å². The molecule has 1 aromatic rings. The smallest absolute Gasteiger partial charge is 0.248 e. The minimum Gasteiger partial charge on any atom is -0.376 e. The summed E-state index contributed by atoms with van der Waals surface area (Å²) >= 11 is 0. The van der Waals surface area contributed by atoms with Crippen LogP contribution >= 0.6 is 0 Å². The summed E-state index contributed by atoms with van der Waals surface area (Å²) in [6.45, 7) is 3.49. The van der Waals surface area contributed by atoms with E-state index >= 15 is 0 Å². The van der Waals surface area contributed by atoms with E-state index < -0.39 is 5.91 Å². The van der Waals surface area contributed by atoms with Gasteiger partial charge in [0.2, 0.25) is 5.91 Å². The number of carbonyl (C=O) groups is 1. The number of hydrogen-bond acceptors (Lipinski definition) is 4. The second kappa shape index (κ2) is 6.49. The maximum atomic E-state index is 10.9. The number of hydrogen-bond donors (Lipinski definition) is 2. The van der Waals surface area contributed by atoms with Crippen LogP contribution in [-0.4, -0.2) is 38.4 Å². The molecule has 0 aliphatic carbocycles. The Morgan fingerprint density at radius 2 is 2.11 bits per heavy atom. The molecule has 1 heterocycles. The van der Waals surface area contributed by atoms with Gasteiger partial charge < -0.3 is 20.5 Å². The number of rotatable bonds is 5. The average molecular weight is 250 g/mol. The van der Waals surface area contributed by atoms with E-state index in [0.29, 0.717) is 25.4 Å². The Kier molecular flexibility index (Phi) is 4.69. The molecule has 1 unspecified atom stereocenters. The number of nitrogens with two attached hydrogens (primary N) is 1. The first-order chi connectivity index (χ1) is 8.75. The minimum atomic E-state index is -0.401. The van der Waals surface area contributed by atoms with E-state index in [1.807, 2.05) is 12.1 Å². The monoisotopic (exact) mass is 250 g/mol. The Bertz CT molecular complexity index is 386. The zero-order chi connectivity index (χ0) is 12.8. The van der Waals surface area contributed by atoms with Crippen LogP contribution in [0.3, 0.4) is 0 Å². The third-order valence-corrected chi connectivity index (χ3v) is 2.82. The number of ether oxygens (including phenoxy) is 2. The van der Waals surface area contributed by atoms with Crippen molar-refractivity contribution in [2.45, 2.75) is 12.6 Å². The van der Waals surface area contributed by atoms with Crippen molar-refractivity contribution in [1.82, 2.24) is 5.32 Å². The zero-order valence-electron chi connectivity index (χ0n) is 10.2. The molecule has 1 saturated heterocycles. The van der Waals surface area contributed by atoms with Crippen LogP contribution in [0.15, 0.2) is 24.3 Å². The molecule has 1 aliphatic rings. The highest BCUT2D eigenvalue weighted by atomic mass is 16.6. The minimum absolute atomic E-state index is 0.128. The lowest BCUT2D eigenvalue weighted by molar-refractivity contribution is -0.0864. The van der Waals surface area contributed by atoms with Crippen LogP contribution in [0.4, 0.5) is 0 Å². The average Bonchev–Trinajstić information content (AvgIpc) is 2.40. The highest BCUT2D eigenvalue weighted by Crippen LogP contribution is 2.04. The predicted octanol–water partition coefficient (Wildman–Crippen LogP) is 0.290. The molecule has 1 aromatic carbocycles. The molecular formula is C13H18N2O3. The molecule has 5 nitrogen and oxygen atoms in total. The molecule has 0 bridgehead atoms. The van der Waals surface area contributed by atoms with Gasteiger partial charge in [-0.05, 0) is 17.7 Å². The topological polar surface area (TPSA) is 73.6 Å². The molecule has 18 heavy (non-hydrogen) atoms. The summed E-state index contributed by atoms with van der Waals surface area (Å²) in [6, 6.07) is 7.26. The Morgan fingerprint density at radius 3 is 2.72 bits per heavy atom. The first-order valence-corrected chi connectivity index (χ1v) is 6.04. The lowest BCUT2D eigenvalue weighted by atomic mass is 10.1. The Morgan fingerprint density at radius 1 is 1.33 bits per heavy atom. The van der Waals surface area contributed by atoms with Gasteiger partial charge in [0, 0.05) is 18.7 Å². The largest absolute Gasteiger partial charge is 0.376 e. The van der Waals surface area contributed by atoms with Crippen LogP contribution in [0.2, 0.25) is 0 Å². The van der Waals surface area contributed by atoms with Crippen molar-refractivity contribution in [3.05, 3.63) is 35.4 Å². The van der Waals surface area contributed by atoms with Gasteiger partial charge in [-0.1, -0.05) is 12.1 Å². The van der Waals surface area contributed by atoms with Gasteiger partial charge in [-0.3, -0.25) is 4.79 Å². The summed E-state index contributed by atoms with van der Waals surface area (Å²) in [5.41, 5.74) is 6.81. The van der Waals surface area contributed by atoms with Gasteiger partial charge in [-0.25, -0.2) is 0 Å². The lowest BCUT2D eigenvalue weighted by Crippen LogP contribution is -2.37. The molecule has 2 rings (SSSR count). The first-order valence-electron chi connectivity index (χ1n) is 6.04. The van der Waals surface area contributed by atoms with E-state index in [-0.39, 0.29) is 6.10 Å². The quantitative estimate of drug-likeness (QED) is 0.788. The van der Waals surface area contributed by atoms with Crippen LogP contribution < -0.4 is 11.1 Å². The van der Waals surface area contributed by atoms with E-state index in [2.05, 4.69) is 5.32 Å². The molecule has 0 radical (unpaired) electrons. The second-order valence-corrected chi connectivity index (χ2v) is 4.26. The third kappa shape index (κ3) is 3.80. The Labute approximate surface area is 106 Å². The van der Waals surface area contributed by atoms with Crippen molar-refractivity contribution in [3.8, 4) is 0 Å². The van der Waals surface area contributed by atoms with Crippen LogP contribution in [-0.2, 0) is 16.0 Å². The third-order valence-electron chi connectivity index (χ3n) is 2.82. The number of nitrogens with one attached hydrogen (secondary N) is 1. The van der Waals surface area contributed by atoms with Gasteiger partial charge in [0.05, 0.1) is 25.9 Å². The lowest BCUT2D eigenvalue weighted by Gasteiger charge is -2.23. The maximum absolute atomic E-state index is 10.9. The molecule has 1 fully saturated rings. The predicted molar refractivity (Wildman–Crippen MR) is 67.2 cm³/mol. The molecule has 3 N–H and O–H groups in total. The summed E-state index contributed by atoms with van der Waals surface area (Å²) in [5.74, 6) is -0.401. The maximum Gasteiger partial charge on any atom is 0.248 e.